The molecule has 1 fully saturated rings. The highest BCUT2D eigenvalue weighted by molar-refractivity contribution is 7.88. The fraction of sp³-hybridized carbons (Fsp3) is 0.562. The van der Waals surface area contributed by atoms with Crippen molar-refractivity contribution in [2.24, 2.45) is 0 Å². The molecule has 1 aliphatic rings. The first-order chi connectivity index (χ1) is 11.8. The first kappa shape index (κ1) is 20.0. The van der Waals surface area contributed by atoms with Crippen LogP contribution in [-0.4, -0.2) is 57.8 Å². The molecule has 7 nitrogen and oxygen atoms in total. The summed E-state index contributed by atoms with van der Waals surface area (Å²) in [4.78, 5) is 12.2. The molecule has 1 saturated heterocycles. The molecule has 0 spiro atoms. The van der Waals surface area contributed by atoms with Crippen LogP contribution in [0, 0.1) is 0 Å². The third-order valence-electron chi connectivity index (χ3n) is 3.92. The maximum atomic E-state index is 12.2. The van der Waals surface area contributed by atoms with Crippen LogP contribution < -0.4 is 10.1 Å². The predicted molar refractivity (Wildman–Crippen MR) is 96.6 cm³/mol. The lowest BCUT2D eigenvalue weighted by atomic mass is 10.2. The van der Waals surface area contributed by atoms with Crippen LogP contribution >= 0.6 is 11.6 Å². The van der Waals surface area contributed by atoms with E-state index in [0.29, 0.717) is 23.1 Å². The molecule has 1 unspecified atom stereocenters. The molecule has 1 aromatic carbocycles. The van der Waals surface area contributed by atoms with Gasteiger partial charge in [0.1, 0.15) is 5.75 Å². The summed E-state index contributed by atoms with van der Waals surface area (Å²) in [5, 5.41) is 3.17. The van der Waals surface area contributed by atoms with Gasteiger partial charge >= 0.3 is 0 Å². The van der Waals surface area contributed by atoms with E-state index in [2.05, 4.69) is 5.32 Å². The van der Waals surface area contributed by atoms with Crippen molar-refractivity contribution in [1.82, 2.24) is 4.31 Å². The number of hydrogen-bond donors (Lipinski definition) is 1. The predicted octanol–water partition coefficient (Wildman–Crippen LogP) is 2.12. The molecule has 1 N–H and O–H groups in total. The molecular weight excluding hydrogens is 368 g/mol. The SMILES string of the molecule is COc1ccc(Cl)cc1NC(=O)CCN(CC1CCCO1)S(C)(=O)=O. The summed E-state index contributed by atoms with van der Waals surface area (Å²) in [5.74, 6) is 0.165. The number of carbonyl (C=O) groups excluding carboxylic acids is 1. The number of halogens is 1. The largest absolute Gasteiger partial charge is 0.495 e. The number of rotatable bonds is 8. The molecule has 140 valence electrons. The highest BCUT2D eigenvalue weighted by Crippen LogP contribution is 2.27. The number of methoxy groups -OCH3 is 1. The Balaban J connectivity index is 1.95. The fourth-order valence-corrected chi connectivity index (χ4v) is 3.66. The van der Waals surface area contributed by atoms with Gasteiger partial charge in [-0.2, -0.15) is 4.31 Å². The highest BCUT2D eigenvalue weighted by Gasteiger charge is 2.25. The molecule has 1 aromatic rings. The van der Waals surface area contributed by atoms with Crippen molar-refractivity contribution in [1.29, 1.82) is 0 Å². The quantitative estimate of drug-likeness (QED) is 0.734. The summed E-state index contributed by atoms with van der Waals surface area (Å²) in [7, 11) is -1.92. The third kappa shape index (κ3) is 6.14. The lowest BCUT2D eigenvalue weighted by Gasteiger charge is -2.22. The lowest BCUT2D eigenvalue weighted by molar-refractivity contribution is -0.116. The molecular formula is C16H23ClN2O5S. The third-order valence-corrected chi connectivity index (χ3v) is 5.43. The Labute approximate surface area is 153 Å². The maximum absolute atomic E-state index is 12.2. The van der Waals surface area contributed by atoms with Crippen LogP contribution in [0.2, 0.25) is 5.02 Å². The minimum Gasteiger partial charge on any atom is -0.495 e. The Morgan fingerprint density at radius 1 is 1.48 bits per heavy atom. The van der Waals surface area contributed by atoms with E-state index in [1.165, 1.54) is 11.4 Å². The molecule has 1 aliphatic heterocycles. The monoisotopic (exact) mass is 390 g/mol. The number of nitrogens with one attached hydrogen (secondary N) is 1. The van der Waals surface area contributed by atoms with Crippen LogP contribution in [-0.2, 0) is 19.6 Å². The van der Waals surface area contributed by atoms with Gasteiger partial charge in [-0.25, -0.2) is 8.42 Å². The number of hydrogen-bond acceptors (Lipinski definition) is 5. The van der Waals surface area contributed by atoms with E-state index in [4.69, 9.17) is 21.1 Å². The van der Waals surface area contributed by atoms with Crippen LogP contribution in [0.25, 0.3) is 0 Å². The topological polar surface area (TPSA) is 84.9 Å². The molecule has 0 radical (unpaired) electrons. The van der Waals surface area contributed by atoms with Gasteiger partial charge in [-0.3, -0.25) is 4.79 Å². The number of benzene rings is 1. The molecule has 0 aromatic heterocycles. The minimum atomic E-state index is -3.41. The average molecular weight is 391 g/mol. The highest BCUT2D eigenvalue weighted by atomic mass is 35.5. The van der Waals surface area contributed by atoms with Gasteiger partial charge in [-0.15, -0.1) is 0 Å². The Kier molecular flexibility index (Phi) is 7.06. The van der Waals surface area contributed by atoms with Gasteiger partial charge in [-0.05, 0) is 31.0 Å². The summed E-state index contributed by atoms with van der Waals surface area (Å²) in [5.41, 5.74) is 0.449. The van der Waals surface area contributed by atoms with Gasteiger partial charge in [0.2, 0.25) is 15.9 Å². The van der Waals surface area contributed by atoms with Crippen molar-refractivity contribution < 1.29 is 22.7 Å². The molecule has 0 bridgehead atoms. The second kappa shape index (κ2) is 8.84. The molecule has 25 heavy (non-hydrogen) atoms. The zero-order valence-electron chi connectivity index (χ0n) is 14.3. The van der Waals surface area contributed by atoms with Crippen LogP contribution in [0.3, 0.4) is 0 Å². The summed E-state index contributed by atoms with van der Waals surface area (Å²) >= 11 is 5.93. The van der Waals surface area contributed by atoms with Gasteiger partial charge < -0.3 is 14.8 Å². The Morgan fingerprint density at radius 2 is 2.24 bits per heavy atom. The molecule has 0 aliphatic carbocycles. The van der Waals surface area contributed by atoms with Crippen LogP contribution in [0.5, 0.6) is 5.75 Å². The van der Waals surface area contributed by atoms with Crippen LogP contribution in [0.4, 0.5) is 5.69 Å². The Hall–Kier alpha value is -1.35. The van der Waals surface area contributed by atoms with Gasteiger partial charge in [0.25, 0.3) is 0 Å². The molecule has 2 rings (SSSR count). The lowest BCUT2D eigenvalue weighted by Crippen LogP contribution is -2.38. The number of nitrogens with zero attached hydrogens (tertiary/aromatic N) is 1. The van der Waals surface area contributed by atoms with Crippen LogP contribution in [0.15, 0.2) is 18.2 Å². The van der Waals surface area contributed by atoms with Gasteiger partial charge in [-0.1, -0.05) is 11.6 Å². The molecule has 0 saturated carbocycles. The van der Waals surface area contributed by atoms with E-state index in [9.17, 15) is 13.2 Å². The van der Waals surface area contributed by atoms with E-state index in [0.717, 1.165) is 19.1 Å². The number of amides is 1. The van der Waals surface area contributed by atoms with Crippen molar-refractivity contribution in [2.45, 2.75) is 25.4 Å². The van der Waals surface area contributed by atoms with Crippen molar-refractivity contribution in [2.75, 3.05) is 38.4 Å². The van der Waals surface area contributed by atoms with E-state index >= 15 is 0 Å². The molecule has 1 amide bonds. The van der Waals surface area contributed by atoms with Crippen molar-refractivity contribution >= 4 is 33.2 Å². The second-order valence-corrected chi connectivity index (χ2v) is 8.32. The minimum absolute atomic E-state index is 0.0233. The summed E-state index contributed by atoms with van der Waals surface area (Å²) in [6, 6.07) is 4.89. The number of ether oxygens (including phenoxy) is 2. The van der Waals surface area contributed by atoms with Crippen LogP contribution in [0.1, 0.15) is 19.3 Å². The number of sulfonamides is 1. The van der Waals surface area contributed by atoms with Crippen molar-refractivity contribution in [3.05, 3.63) is 23.2 Å². The normalized spacial score (nSPS) is 17.7. The number of carbonyl (C=O) groups is 1. The van der Waals surface area contributed by atoms with E-state index in [-0.39, 0.29) is 31.5 Å². The maximum Gasteiger partial charge on any atom is 0.225 e. The van der Waals surface area contributed by atoms with Crippen molar-refractivity contribution in [3.63, 3.8) is 0 Å². The standard InChI is InChI=1S/C16H23ClN2O5S/c1-23-15-6-5-12(17)10-14(15)18-16(20)7-8-19(25(2,21)22)11-13-4-3-9-24-13/h5-6,10,13H,3-4,7-9,11H2,1-2H3,(H,18,20). The molecule has 1 atom stereocenters. The summed E-state index contributed by atoms with van der Waals surface area (Å²) < 4.78 is 35.8. The fourth-order valence-electron chi connectivity index (χ4n) is 2.62. The van der Waals surface area contributed by atoms with E-state index in [1.54, 1.807) is 18.2 Å². The Morgan fingerprint density at radius 3 is 2.84 bits per heavy atom. The average Bonchev–Trinajstić information content (AvgIpc) is 3.03. The second-order valence-electron chi connectivity index (χ2n) is 5.90. The van der Waals surface area contributed by atoms with Gasteiger partial charge in [0, 0.05) is 31.1 Å². The number of anilines is 1. The zero-order valence-corrected chi connectivity index (χ0v) is 15.9. The van der Waals surface area contributed by atoms with Gasteiger partial charge in [0.15, 0.2) is 0 Å². The van der Waals surface area contributed by atoms with E-state index < -0.39 is 10.0 Å². The Bertz CT molecular complexity index is 704. The first-order valence-electron chi connectivity index (χ1n) is 7.99. The molecule has 1 heterocycles. The summed E-state index contributed by atoms with van der Waals surface area (Å²) in [6.07, 6.45) is 2.82. The first-order valence-corrected chi connectivity index (χ1v) is 10.2. The summed E-state index contributed by atoms with van der Waals surface area (Å²) in [6.45, 7) is 1.01. The van der Waals surface area contributed by atoms with E-state index in [1.807, 2.05) is 0 Å². The smallest absolute Gasteiger partial charge is 0.225 e. The van der Waals surface area contributed by atoms with Crippen molar-refractivity contribution in [3.8, 4) is 5.75 Å². The zero-order chi connectivity index (χ0) is 18.4. The molecule has 9 heteroatoms. The van der Waals surface area contributed by atoms with Gasteiger partial charge in [0.05, 0.1) is 25.2 Å².